The molecule has 8 nitrogen and oxygen atoms in total. The molecular weight excluding hydrogens is 400 g/mol. The highest BCUT2D eigenvalue weighted by Gasteiger charge is 2.20. The SMILES string of the molecule is CCNC(=NCc1cc2c(cc1OC(F)F)OCO2)NCc1cc(OC)ccc1O. The van der Waals surface area contributed by atoms with Gasteiger partial charge in [-0.05, 0) is 31.2 Å². The van der Waals surface area contributed by atoms with Crippen LogP contribution in [-0.2, 0) is 13.1 Å². The van der Waals surface area contributed by atoms with E-state index >= 15 is 0 Å². The molecule has 30 heavy (non-hydrogen) atoms. The molecule has 162 valence electrons. The van der Waals surface area contributed by atoms with E-state index in [1.165, 1.54) is 6.07 Å². The van der Waals surface area contributed by atoms with E-state index < -0.39 is 6.61 Å². The van der Waals surface area contributed by atoms with Gasteiger partial charge >= 0.3 is 6.61 Å². The number of methoxy groups -OCH3 is 1. The highest BCUT2D eigenvalue weighted by molar-refractivity contribution is 5.79. The predicted octanol–water partition coefficient (Wildman–Crippen LogP) is 2.99. The zero-order valence-corrected chi connectivity index (χ0v) is 16.6. The van der Waals surface area contributed by atoms with E-state index in [0.717, 1.165) is 0 Å². The lowest BCUT2D eigenvalue weighted by atomic mass is 10.1. The standard InChI is InChI=1S/C20H23F2N3O5/c1-3-23-20(24-9-12-6-14(27-2)4-5-15(12)26)25-10-13-7-17-18(29-11-28-17)8-16(13)30-19(21)22/h4-8,19,26H,3,9-11H2,1-2H3,(H2,23,24,25). The number of aliphatic imine (C=N–C) groups is 1. The average Bonchev–Trinajstić information content (AvgIpc) is 3.17. The lowest BCUT2D eigenvalue weighted by Crippen LogP contribution is -2.36. The van der Waals surface area contributed by atoms with Gasteiger partial charge in [-0.25, -0.2) is 4.99 Å². The molecule has 0 spiro atoms. The minimum Gasteiger partial charge on any atom is -0.508 e. The number of rotatable bonds is 8. The minimum absolute atomic E-state index is 0.0183. The molecule has 0 atom stereocenters. The number of halogens is 2. The van der Waals surface area contributed by atoms with Crippen LogP contribution in [0.15, 0.2) is 35.3 Å². The number of hydrogen-bond acceptors (Lipinski definition) is 6. The summed E-state index contributed by atoms with van der Waals surface area (Å²) in [7, 11) is 1.54. The molecule has 0 amide bonds. The summed E-state index contributed by atoms with van der Waals surface area (Å²) in [4.78, 5) is 4.42. The summed E-state index contributed by atoms with van der Waals surface area (Å²) in [5.41, 5.74) is 1.03. The molecule has 0 fully saturated rings. The molecule has 0 bridgehead atoms. The van der Waals surface area contributed by atoms with Crippen molar-refractivity contribution in [2.24, 2.45) is 4.99 Å². The van der Waals surface area contributed by atoms with Crippen molar-refractivity contribution < 1.29 is 32.8 Å². The first-order valence-electron chi connectivity index (χ1n) is 9.25. The number of benzene rings is 2. The molecule has 0 radical (unpaired) electrons. The molecule has 1 aliphatic rings. The van der Waals surface area contributed by atoms with Crippen LogP contribution in [0.2, 0.25) is 0 Å². The third-order valence-corrected chi connectivity index (χ3v) is 4.26. The molecule has 1 heterocycles. The second-order valence-corrected chi connectivity index (χ2v) is 6.24. The monoisotopic (exact) mass is 423 g/mol. The molecule has 1 aliphatic heterocycles. The Morgan fingerprint density at radius 3 is 2.63 bits per heavy atom. The molecule has 0 saturated heterocycles. The Morgan fingerprint density at radius 1 is 1.17 bits per heavy atom. The van der Waals surface area contributed by atoms with Crippen molar-refractivity contribution in [1.29, 1.82) is 0 Å². The fourth-order valence-corrected chi connectivity index (χ4v) is 2.81. The number of nitrogens with zero attached hydrogens (tertiary/aromatic N) is 1. The first-order chi connectivity index (χ1) is 14.5. The van der Waals surface area contributed by atoms with Gasteiger partial charge in [-0.3, -0.25) is 0 Å². The molecule has 0 aromatic heterocycles. The second kappa shape index (κ2) is 9.86. The van der Waals surface area contributed by atoms with Crippen LogP contribution in [0, 0.1) is 0 Å². The van der Waals surface area contributed by atoms with E-state index in [-0.39, 0.29) is 31.4 Å². The Labute approximate surface area is 172 Å². The quantitative estimate of drug-likeness (QED) is 0.444. The van der Waals surface area contributed by atoms with Gasteiger partial charge in [0.05, 0.1) is 13.7 Å². The van der Waals surface area contributed by atoms with Crippen molar-refractivity contribution in [1.82, 2.24) is 10.6 Å². The van der Waals surface area contributed by atoms with E-state index in [9.17, 15) is 13.9 Å². The van der Waals surface area contributed by atoms with Crippen LogP contribution in [0.3, 0.4) is 0 Å². The molecular formula is C20H23F2N3O5. The van der Waals surface area contributed by atoms with E-state index in [2.05, 4.69) is 20.4 Å². The number of alkyl halides is 2. The van der Waals surface area contributed by atoms with Crippen molar-refractivity contribution in [2.75, 3.05) is 20.4 Å². The van der Waals surface area contributed by atoms with E-state index in [4.69, 9.17) is 14.2 Å². The summed E-state index contributed by atoms with van der Waals surface area (Å²) >= 11 is 0. The van der Waals surface area contributed by atoms with Crippen molar-refractivity contribution in [3.8, 4) is 28.7 Å². The maximum Gasteiger partial charge on any atom is 0.387 e. The summed E-state index contributed by atoms with van der Waals surface area (Å²) in [5, 5.41) is 16.2. The number of hydrogen-bond donors (Lipinski definition) is 3. The first-order valence-corrected chi connectivity index (χ1v) is 9.25. The van der Waals surface area contributed by atoms with Crippen molar-refractivity contribution in [3.05, 3.63) is 41.5 Å². The van der Waals surface area contributed by atoms with Gasteiger partial charge < -0.3 is 34.7 Å². The molecule has 0 unspecified atom stereocenters. The summed E-state index contributed by atoms with van der Waals surface area (Å²) in [5.74, 6) is 1.92. The normalized spacial score (nSPS) is 12.8. The average molecular weight is 423 g/mol. The van der Waals surface area contributed by atoms with Crippen LogP contribution in [0.5, 0.6) is 28.7 Å². The van der Waals surface area contributed by atoms with Gasteiger partial charge in [0, 0.05) is 30.3 Å². The number of guanidine groups is 1. The molecule has 2 aromatic rings. The summed E-state index contributed by atoms with van der Waals surface area (Å²) in [6.45, 7) is -0.154. The Bertz CT molecular complexity index is 908. The maximum absolute atomic E-state index is 12.8. The predicted molar refractivity (Wildman–Crippen MR) is 106 cm³/mol. The molecule has 2 aromatic carbocycles. The third-order valence-electron chi connectivity index (χ3n) is 4.26. The Hall–Kier alpha value is -3.43. The Balaban J connectivity index is 1.76. The van der Waals surface area contributed by atoms with Crippen LogP contribution in [0.1, 0.15) is 18.1 Å². The van der Waals surface area contributed by atoms with Crippen molar-refractivity contribution in [2.45, 2.75) is 26.6 Å². The smallest absolute Gasteiger partial charge is 0.387 e. The highest BCUT2D eigenvalue weighted by Crippen LogP contribution is 2.39. The van der Waals surface area contributed by atoms with E-state index in [0.29, 0.717) is 40.9 Å². The van der Waals surface area contributed by atoms with E-state index in [1.807, 2.05) is 6.92 Å². The number of ether oxygens (including phenoxy) is 4. The number of fused-ring (bicyclic) bond motifs is 1. The fraction of sp³-hybridized carbons (Fsp3) is 0.350. The van der Waals surface area contributed by atoms with Gasteiger partial charge in [0.2, 0.25) is 6.79 Å². The van der Waals surface area contributed by atoms with Crippen molar-refractivity contribution >= 4 is 5.96 Å². The van der Waals surface area contributed by atoms with Crippen LogP contribution in [0.25, 0.3) is 0 Å². The zero-order valence-electron chi connectivity index (χ0n) is 16.6. The topological polar surface area (TPSA) is 93.6 Å². The van der Waals surface area contributed by atoms with Gasteiger partial charge in [-0.1, -0.05) is 0 Å². The van der Waals surface area contributed by atoms with E-state index in [1.54, 1.807) is 31.4 Å². The van der Waals surface area contributed by atoms with Gasteiger partial charge in [-0.15, -0.1) is 0 Å². The van der Waals surface area contributed by atoms with Gasteiger partial charge in [0.25, 0.3) is 0 Å². The largest absolute Gasteiger partial charge is 0.508 e. The fourth-order valence-electron chi connectivity index (χ4n) is 2.81. The first kappa shape index (κ1) is 21.3. The minimum atomic E-state index is -2.98. The number of aromatic hydroxyl groups is 1. The number of nitrogens with one attached hydrogen (secondary N) is 2. The summed E-state index contributed by atoms with van der Waals surface area (Å²) < 4.78 is 45.9. The van der Waals surface area contributed by atoms with Gasteiger partial charge in [0.15, 0.2) is 17.5 Å². The molecule has 10 heteroatoms. The number of phenols is 1. The van der Waals surface area contributed by atoms with Gasteiger partial charge in [0.1, 0.15) is 17.2 Å². The lowest BCUT2D eigenvalue weighted by molar-refractivity contribution is -0.0505. The second-order valence-electron chi connectivity index (χ2n) is 6.24. The van der Waals surface area contributed by atoms with Gasteiger partial charge in [-0.2, -0.15) is 8.78 Å². The third kappa shape index (κ3) is 5.34. The molecule has 0 aliphatic carbocycles. The van der Waals surface area contributed by atoms with Crippen LogP contribution in [0.4, 0.5) is 8.78 Å². The molecule has 3 N–H and O–H groups in total. The summed E-state index contributed by atoms with van der Waals surface area (Å²) in [6, 6.07) is 7.84. The maximum atomic E-state index is 12.8. The van der Waals surface area contributed by atoms with Crippen molar-refractivity contribution in [3.63, 3.8) is 0 Å². The Morgan fingerprint density at radius 2 is 1.93 bits per heavy atom. The van der Waals surface area contributed by atoms with Crippen LogP contribution < -0.4 is 29.6 Å². The lowest BCUT2D eigenvalue weighted by Gasteiger charge is -2.14. The van der Waals surface area contributed by atoms with Crippen LogP contribution in [-0.4, -0.2) is 38.1 Å². The Kier molecular flexibility index (Phi) is 6.99. The zero-order chi connectivity index (χ0) is 21.5. The van der Waals surface area contributed by atoms with Crippen LogP contribution >= 0.6 is 0 Å². The number of phenolic OH excluding ortho intramolecular Hbond substituents is 1. The molecule has 0 saturated carbocycles. The summed E-state index contributed by atoms with van der Waals surface area (Å²) in [6.07, 6.45) is 0. The molecule has 3 rings (SSSR count). The highest BCUT2D eigenvalue weighted by atomic mass is 19.3.